The van der Waals surface area contributed by atoms with Crippen molar-refractivity contribution in [3.05, 3.63) is 46.7 Å². The van der Waals surface area contributed by atoms with Crippen LogP contribution in [0.3, 0.4) is 0 Å². The Morgan fingerprint density at radius 1 is 1.43 bits per heavy atom. The number of rotatable bonds is 6. The molecule has 0 aliphatic carbocycles. The highest BCUT2D eigenvalue weighted by atomic mass is 79.9. The third-order valence-corrected chi connectivity index (χ3v) is 4.68. The van der Waals surface area contributed by atoms with Gasteiger partial charge in [0.2, 0.25) is 10.0 Å². The molecule has 6 nitrogen and oxygen atoms in total. The lowest BCUT2D eigenvalue weighted by Crippen LogP contribution is -2.28. The average molecular weight is 378 g/mol. The summed E-state index contributed by atoms with van der Waals surface area (Å²) in [6.45, 7) is -0.107. The summed E-state index contributed by atoms with van der Waals surface area (Å²) in [7, 11) is -4.00. The summed E-state index contributed by atoms with van der Waals surface area (Å²) in [6.07, 6.45) is 4.83. The van der Waals surface area contributed by atoms with Crippen LogP contribution in [0, 0.1) is 5.82 Å². The number of sulfonamides is 1. The monoisotopic (exact) mass is 377 g/mol. The van der Waals surface area contributed by atoms with E-state index in [9.17, 15) is 12.8 Å². The molecule has 0 unspecified atom stereocenters. The zero-order valence-corrected chi connectivity index (χ0v) is 13.2. The maximum atomic E-state index is 14.0. The van der Waals surface area contributed by atoms with E-state index in [4.69, 9.17) is 5.11 Å². The summed E-state index contributed by atoms with van der Waals surface area (Å²) in [5, 5.41) is 9.05. The lowest BCUT2D eigenvalue weighted by Gasteiger charge is -2.10. The van der Waals surface area contributed by atoms with Crippen molar-refractivity contribution in [2.45, 2.75) is 18.0 Å². The number of nitrogens with zero attached hydrogens (tertiary/aromatic N) is 2. The van der Waals surface area contributed by atoms with Crippen LogP contribution < -0.4 is 4.72 Å². The van der Waals surface area contributed by atoms with E-state index < -0.39 is 27.3 Å². The van der Waals surface area contributed by atoms with Crippen molar-refractivity contribution in [1.82, 2.24) is 14.3 Å². The van der Waals surface area contributed by atoms with Gasteiger partial charge in [-0.3, -0.25) is 0 Å². The summed E-state index contributed by atoms with van der Waals surface area (Å²) < 4.78 is 42.7. The molecule has 2 aromatic rings. The van der Waals surface area contributed by atoms with Crippen molar-refractivity contribution in [2.24, 2.45) is 0 Å². The number of benzene rings is 1. The second-order valence-electron chi connectivity index (χ2n) is 4.23. The fourth-order valence-electron chi connectivity index (χ4n) is 1.73. The van der Waals surface area contributed by atoms with Crippen LogP contribution in [0.4, 0.5) is 4.39 Å². The molecule has 0 fully saturated rings. The second kappa shape index (κ2) is 6.65. The topological polar surface area (TPSA) is 84.2 Å². The van der Waals surface area contributed by atoms with Gasteiger partial charge < -0.3 is 9.67 Å². The first-order chi connectivity index (χ1) is 9.94. The molecule has 0 radical (unpaired) electrons. The summed E-state index contributed by atoms with van der Waals surface area (Å²) in [5.74, 6) is -0.948. The Morgan fingerprint density at radius 2 is 2.19 bits per heavy atom. The van der Waals surface area contributed by atoms with Gasteiger partial charge in [-0.2, -0.15) is 0 Å². The van der Waals surface area contributed by atoms with Crippen molar-refractivity contribution < 1.29 is 17.9 Å². The number of aliphatic hydroxyl groups is 1. The first-order valence-electron chi connectivity index (χ1n) is 5.98. The molecule has 114 valence electrons. The normalized spacial score (nSPS) is 11.8. The Bertz CT molecular complexity index is 720. The zero-order valence-electron chi connectivity index (χ0n) is 10.8. The molecule has 9 heteroatoms. The van der Waals surface area contributed by atoms with E-state index in [-0.39, 0.29) is 12.1 Å². The molecule has 0 aliphatic heterocycles. The number of hydrogen-bond acceptors (Lipinski definition) is 4. The average Bonchev–Trinajstić information content (AvgIpc) is 2.93. The summed E-state index contributed by atoms with van der Waals surface area (Å²) in [6, 6.07) is 2.49. The molecule has 2 N–H and O–H groups in total. The lowest BCUT2D eigenvalue weighted by atomic mass is 10.2. The molecule has 0 atom stereocenters. The Balaban J connectivity index is 2.17. The number of aromatic nitrogens is 2. The highest BCUT2D eigenvalue weighted by Gasteiger charge is 2.21. The fraction of sp³-hybridized carbons (Fsp3) is 0.250. The van der Waals surface area contributed by atoms with E-state index in [2.05, 4.69) is 25.6 Å². The predicted molar refractivity (Wildman–Crippen MR) is 77.4 cm³/mol. The molecule has 0 bridgehead atoms. The molecule has 2 rings (SSSR count). The maximum Gasteiger partial charge on any atom is 0.243 e. The third-order valence-electron chi connectivity index (χ3n) is 2.76. The molecule has 0 saturated carbocycles. The molecule has 0 spiro atoms. The van der Waals surface area contributed by atoms with Crippen LogP contribution in [-0.4, -0.2) is 29.6 Å². The zero-order chi connectivity index (χ0) is 15.5. The van der Waals surface area contributed by atoms with Gasteiger partial charge in [0, 0.05) is 35.5 Å². The van der Waals surface area contributed by atoms with Crippen molar-refractivity contribution in [2.75, 3.05) is 6.54 Å². The van der Waals surface area contributed by atoms with Gasteiger partial charge in [0.05, 0.1) is 12.9 Å². The van der Waals surface area contributed by atoms with Crippen LogP contribution in [-0.2, 0) is 23.2 Å². The molecule has 1 aromatic carbocycles. The standard InChI is InChI=1S/C12H13BrFN3O3S/c13-10-5-9(7-18)12(14)11(6-10)21(19,20)16-2-4-17-3-1-15-8-17/h1,3,5-6,8,16,18H,2,4,7H2. The number of aliphatic hydroxyl groups excluding tert-OH is 1. The van der Waals surface area contributed by atoms with Gasteiger partial charge in [0.15, 0.2) is 0 Å². The molecule has 0 aliphatic rings. The van der Waals surface area contributed by atoms with Crippen molar-refractivity contribution >= 4 is 26.0 Å². The lowest BCUT2D eigenvalue weighted by molar-refractivity contribution is 0.274. The van der Waals surface area contributed by atoms with E-state index in [0.29, 0.717) is 11.0 Å². The Morgan fingerprint density at radius 3 is 2.81 bits per heavy atom. The third kappa shape index (κ3) is 3.88. The van der Waals surface area contributed by atoms with Gasteiger partial charge in [-0.25, -0.2) is 22.5 Å². The number of halogens is 2. The first kappa shape index (κ1) is 16.1. The van der Waals surface area contributed by atoms with Crippen LogP contribution in [0.5, 0.6) is 0 Å². The Kier molecular flexibility index (Phi) is 5.09. The quantitative estimate of drug-likeness (QED) is 0.793. The smallest absolute Gasteiger partial charge is 0.243 e. The van der Waals surface area contributed by atoms with E-state index >= 15 is 0 Å². The molecule has 21 heavy (non-hydrogen) atoms. The highest BCUT2D eigenvalue weighted by molar-refractivity contribution is 9.10. The SMILES string of the molecule is O=S(=O)(NCCn1ccnc1)c1cc(Br)cc(CO)c1F. The number of nitrogens with one attached hydrogen (secondary N) is 1. The Hall–Kier alpha value is -1.29. The second-order valence-corrected chi connectivity index (χ2v) is 6.88. The van der Waals surface area contributed by atoms with Crippen molar-refractivity contribution in [3.63, 3.8) is 0 Å². The van der Waals surface area contributed by atoms with Crippen molar-refractivity contribution in [3.8, 4) is 0 Å². The van der Waals surface area contributed by atoms with Crippen LogP contribution in [0.1, 0.15) is 5.56 Å². The van der Waals surface area contributed by atoms with Crippen LogP contribution in [0.25, 0.3) is 0 Å². The Labute approximate surface area is 129 Å². The number of imidazole rings is 1. The minimum absolute atomic E-state index is 0.0839. The van der Waals surface area contributed by atoms with Gasteiger partial charge in [-0.05, 0) is 12.1 Å². The van der Waals surface area contributed by atoms with Crippen LogP contribution >= 0.6 is 15.9 Å². The minimum atomic E-state index is -4.00. The van der Waals surface area contributed by atoms with Gasteiger partial charge in [-0.1, -0.05) is 15.9 Å². The summed E-state index contributed by atoms with van der Waals surface area (Å²) >= 11 is 3.10. The van der Waals surface area contributed by atoms with Gasteiger partial charge in [0.1, 0.15) is 10.7 Å². The predicted octanol–water partition coefficient (Wildman–Crippen LogP) is 1.26. The molecule has 1 aromatic heterocycles. The number of hydrogen-bond donors (Lipinski definition) is 2. The van der Waals surface area contributed by atoms with Gasteiger partial charge in [-0.15, -0.1) is 0 Å². The van der Waals surface area contributed by atoms with E-state index in [1.165, 1.54) is 6.07 Å². The molecule has 0 saturated heterocycles. The largest absolute Gasteiger partial charge is 0.392 e. The molecule has 0 amide bonds. The summed E-state index contributed by atoms with van der Waals surface area (Å²) in [5.41, 5.74) is -0.0839. The maximum absolute atomic E-state index is 14.0. The van der Waals surface area contributed by atoms with Gasteiger partial charge >= 0.3 is 0 Å². The van der Waals surface area contributed by atoms with Crippen molar-refractivity contribution in [1.29, 1.82) is 0 Å². The molecular weight excluding hydrogens is 365 g/mol. The molecule has 1 heterocycles. The van der Waals surface area contributed by atoms with Gasteiger partial charge in [0.25, 0.3) is 0 Å². The van der Waals surface area contributed by atoms with Crippen LogP contribution in [0.2, 0.25) is 0 Å². The minimum Gasteiger partial charge on any atom is -0.392 e. The van der Waals surface area contributed by atoms with E-state index in [1.54, 1.807) is 23.3 Å². The molecular formula is C12H13BrFN3O3S. The highest BCUT2D eigenvalue weighted by Crippen LogP contribution is 2.24. The first-order valence-corrected chi connectivity index (χ1v) is 8.26. The van der Waals surface area contributed by atoms with Crippen LogP contribution in [0.15, 0.2) is 40.2 Å². The van der Waals surface area contributed by atoms with E-state index in [0.717, 1.165) is 6.07 Å². The fourth-order valence-corrected chi connectivity index (χ4v) is 3.56. The summed E-state index contributed by atoms with van der Waals surface area (Å²) in [4.78, 5) is 3.34. The van der Waals surface area contributed by atoms with E-state index in [1.807, 2.05) is 0 Å².